The predicted octanol–water partition coefficient (Wildman–Crippen LogP) is 2.82. The largest absolute Gasteiger partial charge is 0.480 e. The minimum absolute atomic E-state index is 0.0320. The number of hydrogen-bond acceptors (Lipinski definition) is 6. The number of aromatic nitrogens is 1. The highest BCUT2D eigenvalue weighted by Gasteiger charge is 2.49. The number of carbonyl (C=O) groups excluding carboxylic acids is 2. The van der Waals surface area contributed by atoms with Crippen molar-refractivity contribution in [1.29, 1.82) is 0 Å². The lowest BCUT2D eigenvalue weighted by molar-refractivity contribution is -0.176. The van der Waals surface area contributed by atoms with Gasteiger partial charge in [0.25, 0.3) is 5.91 Å². The summed E-state index contributed by atoms with van der Waals surface area (Å²) in [5.41, 5.74) is -0.280. The number of nitrogens with one attached hydrogen (secondary N) is 1. The number of rotatable bonds is 5. The summed E-state index contributed by atoms with van der Waals surface area (Å²) < 4.78 is 0. The van der Waals surface area contributed by atoms with Crippen molar-refractivity contribution in [2.45, 2.75) is 46.2 Å². The van der Waals surface area contributed by atoms with Crippen molar-refractivity contribution >= 4 is 34.1 Å². The molecular weight excluding hydrogens is 384 g/mol. The average molecular weight is 410 g/mol. The maximum Gasteiger partial charge on any atom is 0.327 e. The Hall–Kier alpha value is -3.26. The van der Waals surface area contributed by atoms with Crippen LogP contribution >= 0.6 is 0 Å². The van der Waals surface area contributed by atoms with Gasteiger partial charge in [-0.25, -0.2) is 0 Å². The van der Waals surface area contributed by atoms with Crippen molar-refractivity contribution in [3.05, 3.63) is 47.9 Å². The maximum atomic E-state index is 13.4. The van der Waals surface area contributed by atoms with Crippen molar-refractivity contribution in [3.8, 4) is 0 Å². The number of anilines is 1. The molecule has 1 amide bonds. The van der Waals surface area contributed by atoms with Crippen LogP contribution in [-0.2, 0) is 14.4 Å². The van der Waals surface area contributed by atoms with Gasteiger partial charge in [-0.05, 0) is 34.6 Å². The molecule has 8 heteroatoms. The third kappa shape index (κ3) is 3.66. The number of likely N-dealkylation sites (N-methyl/N-ethyl adjacent to an activating group) is 1. The van der Waals surface area contributed by atoms with Crippen LogP contribution in [0.3, 0.4) is 0 Å². The number of benzene rings is 1. The minimum atomic E-state index is -1.30. The number of fused-ring (bicyclic) bond motifs is 1. The molecule has 0 aliphatic carbocycles. The van der Waals surface area contributed by atoms with Gasteiger partial charge in [-0.15, -0.1) is 0 Å². The van der Waals surface area contributed by atoms with Gasteiger partial charge in [0.15, 0.2) is 11.8 Å². The van der Waals surface area contributed by atoms with Gasteiger partial charge in [-0.3, -0.25) is 24.4 Å². The highest BCUT2D eigenvalue weighted by Crippen LogP contribution is 2.34. The summed E-state index contributed by atoms with van der Waals surface area (Å²) in [5, 5.41) is 17.6. The third-order valence-electron chi connectivity index (χ3n) is 5.02. The number of hydrogen-bond donors (Lipinski definition) is 2. The van der Waals surface area contributed by atoms with Crippen LogP contribution in [0.1, 0.15) is 34.6 Å². The van der Waals surface area contributed by atoms with E-state index in [1.54, 1.807) is 19.3 Å². The first-order valence-corrected chi connectivity index (χ1v) is 9.76. The zero-order chi connectivity index (χ0) is 22.2. The van der Waals surface area contributed by atoms with Crippen LogP contribution in [0, 0.1) is 0 Å². The number of aliphatic carboxylic acids is 1. The lowest BCUT2D eigenvalue weighted by Crippen LogP contribution is -2.66. The highest BCUT2D eigenvalue weighted by atomic mass is 16.4. The van der Waals surface area contributed by atoms with Crippen molar-refractivity contribution in [2.24, 2.45) is 0 Å². The van der Waals surface area contributed by atoms with Crippen molar-refractivity contribution in [1.82, 2.24) is 15.0 Å². The third-order valence-corrected chi connectivity index (χ3v) is 5.02. The summed E-state index contributed by atoms with van der Waals surface area (Å²) in [7, 11) is 0. The van der Waals surface area contributed by atoms with Crippen LogP contribution in [-0.4, -0.2) is 55.9 Å². The Balaban J connectivity index is 2.25. The molecule has 1 aromatic heterocycles. The van der Waals surface area contributed by atoms with Crippen molar-refractivity contribution < 1.29 is 19.5 Å². The van der Waals surface area contributed by atoms with Gasteiger partial charge in [-0.1, -0.05) is 24.3 Å². The Labute approximate surface area is 175 Å². The van der Waals surface area contributed by atoms with E-state index in [1.807, 2.05) is 45.0 Å². The first-order valence-electron chi connectivity index (χ1n) is 9.76. The number of nitrogens with zero attached hydrogens (tertiary/aromatic N) is 3. The van der Waals surface area contributed by atoms with Gasteiger partial charge in [0.1, 0.15) is 5.70 Å². The summed E-state index contributed by atoms with van der Waals surface area (Å²) in [4.78, 5) is 42.5. The van der Waals surface area contributed by atoms with E-state index in [4.69, 9.17) is 0 Å². The predicted molar refractivity (Wildman–Crippen MR) is 113 cm³/mol. The second-order valence-electron chi connectivity index (χ2n) is 8.16. The van der Waals surface area contributed by atoms with Gasteiger partial charge < -0.3 is 10.4 Å². The normalized spacial score (nSPS) is 18.1. The summed E-state index contributed by atoms with van der Waals surface area (Å²) >= 11 is 0. The lowest BCUT2D eigenvalue weighted by atomic mass is 9.93. The summed E-state index contributed by atoms with van der Waals surface area (Å²) in [6.07, 6.45) is 3.26. The van der Waals surface area contributed by atoms with Crippen LogP contribution in [0.15, 0.2) is 47.9 Å². The molecule has 0 saturated heterocycles. The van der Waals surface area contributed by atoms with E-state index in [2.05, 4.69) is 10.3 Å². The Morgan fingerprint density at radius 3 is 2.43 bits per heavy atom. The number of amides is 1. The lowest BCUT2D eigenvalue weighted by Gasteiger charge is -2.49. The number of pyridine rings is 1. The molecule has 0 fully saturated rings. The van der Waals surface area contributed by atoms with Gasteiger partial charge in [0, 0.05) is 29.1 Å². The zero-order valence-electron chi connectivity index (χ0n) is 17.8. The second-order valence-corrected chi connectivity index (χ2v) is 8.16. The molecule has 8 nitrogen and oxygen atoms in total. The van der Waals surface area contributed by atoms with E-state index in [0.29, 0.717) is 5.69 Å². The molecule has 158 valence electrons. The van der Waals surface area contributed by atoms with E-state index in [-0.39, 0.29) is 17.8 Å². The molecule has 0 radical (unpaired) electrons. The molecule has 1 atom stereocenters. The van der Waals surface area contributed by atoms with Gasteiger partial charge in [-0.2, -0.15) is 5.01 Å². The first kappa shape index (κ1) is 21.4. The molecule has 2 N–H and O–H groups in total. The first-order chi connectivity index (χ1) is 14.1. The zero-order valence-corrected chi connectivity index (χ0v) is 17.8. The number of Topliss-reactive ketones (excluding diaryl/α,β-unsaturated/α-hetero) is 1. The Morgan fingerprint density at radius 1 is 1.20 bits per heavy atom. The van der Waals surface area contributed by atoms with E-state index in [0.717, 1.165) is 10.8 Å². The van der Waals surface area contributed by atoms with E-state index < -0.39 is 29.2 Å². The van der Waals surface area contributed by atoms with E-state index in [9.17, 15) is 19.5 Å². The molecule has 30 heavy (non-hydrogen) atoms. The van der Waals surface area contributed by atoms with Crippen molar-refractivity contribution in [3.63, 3.8) is 0 Å². The quantitative estimate of drug-likeness (QED) is 0.781. The maximum absolute atomic E-state index is 13.4. The molecule has 2 aromatic rings. The van der Waals surface area contributed by atoms with Crippen LogP contribution in [0.2, 0.25) is 0 Å². The van der Waals surface area contributed by atoms with Gasteiger partial charge in [0.2, 0.25) is 0 Å². The monoisotopic (exact) mass is 410 g/mol. The molecule has 0 bridgehead atoms. The molecule has 0 saturated carbocycles. The van der Waals surface area contributed by atoms with Crippen LogP contribution < -0.4 is 5.32 Å². The summed E-state index contributed by atoms with van der Waals surface area (Å²) in [6.45, 7) is 8.73. The van der Waals surface area contributed by atoms with Crippen molar-refractivity contribution in [2.75, 3.05) is 11.9 Å². The number of carbonyl (C=O) groups is 3. The van der Waals surface area contributed by atoms with Gasteiger partial charge in [0.05, 0.1) is 17.5 Å². The average Bonchev–Trinajstić information content (AvgIpc) is 2.67. The molecular formula is C22H26N4O4. The number of carboxylic acid groups (broad SMARTS) is 1. The highest BCUT2D eigenvalue weighted by molar-refractivity contribution is 6.12. The van der Waals surface area contributed by atoms with Crippen LogP contribution in [0.5, 0.6) is 0 Å². The fourth-order valence-corrected chi connectivity index (χ4v) is 3.85. The minimum Gasteiger partial charge on any atom is -0.480 e. The summed E-state index contributed by atoms with van der Waals surface area (Å²) in [5.74, 6) is -2.13. The molecule has 1 unspecified atom stereocenters. The standard InChI is InChI=1S/C22H26N4O4/c1-6-25-20(28)18(24-16-12-23-11-14-9-7-8-10-15(14)16)17(13(2)27)19(21(29)30)26(25)22(3,4)5/h7-12,19,24H,6H2,1-5H3,(H,29,30). The molecule has 3 rings (SSSR count). The topological polar surface area (TPSA) is 103 Å². The molecule has 1 aromatic carbocycles. The fourth-order valence-electron chi connectivity index (χ4n) is 3.85. The molecule has 1 aliphatic rings. The van der Waals surface area contributed by atoms with Gasteiger partial charge >= 0.3 is 5.97 Å². The van der Waals surface area contributed by atoms with Crippen LogP contribution in [0.4, 0.5) is 5.69 Å². The molecule has 2 heterocycles. The second kappa shape index (κ2) is 7.87. The van der Waals surface area contributed by atoms with E-state index in [1.165, 1.54) is 16.9 Å². The summed E-state index contributed by atoms with van der Waals surface area (Å²) in [6, 6.07) is 6.19. The Bertz CT molecular complexity index is 1050. The number of carboxylic acids is 1. The molecule has 1 aliphatic heterocycles. The Morgan fingerprint density at radius 2 is 1.87 bits per heavy atom. The smallest absolute Gasteiger partial charge is 0.327 e. The van der Waals surface area contributed by atoms with E-state index >= 15 is 0 Å². The number of hydrazine groups is 1. The Kier molecular flexibility index (Phi) is 5.63. The van der Waals surface area contributed by atoms with Crippen LogP contribution in [0.25, 0.3) is 10.8 Å². The fraction of sp³-hybridized carbons (Fsp3) is 0.364. The number of ketones is 1. The molecule has 0 spiro atoms. The SMILES string of the molecule is CCN1C(=O)C(Nc2cncc3ccccc23)=C(C(C)=O)C(C(=O)O)N1C(C)(C)C.